The summed E-state index contributed by atoms with van der Waals surface area (Å²) in [4.78, 5) is 36.3. The molecule has 0 radical (unpaired) electrons. The summed E-state index contributed by atoms with van der Waals surface area (Å²) < 4.78 is 0. The van der Waals surface area contributed by atoms with Gasteiger partial charge in [-0.05, 0) is 24.3 Å². The first-order valence-corrected chi connectivity index (χ1v) is 5.78. The Bertz CT molecular complexity index is 854. The molecular formula is C13H8ClNO5. The molecule has 2 rings (SSSR count). The number of benzene rings is 1. The molecule has 0 spiro atoms. The molecule has 3 N–H and O–H groups in total. The van der Waals surface area contributed by atoms with Crippen LogP contribution in [0.25, 0.3) is 17.0 Å². The standard InChI is InChI=1S/C13H8ClNO5/c14-6-1-2-7-9(5-6)15-13(20)12(19)8(11(7)18)3-4-10(16)17/h1-5,18H,(H,16,17)(H,15,19,20)/b4-3+. The third kappa shape index (κ3) is 2.55. The molecule has 0 saturated carbocycles. The van der Waals surface area contributed by atoms with Gasteiger partial charge in [-0.25, -0.2) is 4.79 Å². The summed E-state index contributed by atoms with van der Waals surface area (Å²) in [5.74, 6) is -1.79. The summed E-state index contributed by atoms with van der Waals surface area (Å²) in [6.45, 7) is 0. The van der Waals surface area contributed by atoms with Crippen molar-refractivity contribution < 1.29 is 15.0 Å². The molecule has 0 bridgehead atoms. The molecule has 0 aliphatic rings. The van der Waals surface area contributed by atoms with Gasteiger partial charge in [0.25, 0.3) is 11.0 Å². The minimum absolute atomic E-state index is 0.173. The van der Waals surface area contributed by atoms with Crippen molar-refractivity contribution in [1.29, 1.82) is 0 Å². The second-order valence-electron chi connectivity index (χ2n) is 3.91. The molecule has 0 unspecified atom stereocenters. The SMILES string of the molecule is O=C(O)/C=C/c1c(O)c2ccc(Cl)cc2[nH]c(=O)c1=O. The van der Waals surface area contributed by atoms with Gasteiger partial charge < -0.3 is 15.2 Å². The topological polar surface area (TPSA) is 107 Å². The largest absolute Gasteiger partial charge is 0.506 e. The highest BCUT2D eigenvalue weighted by molar-refractivity contribution is 6.31. The molecule has 0 aliphatic heterocycles. The summed E-state index contributed by atoms with van der Waals surface area (Å²) in [6, 6.07) is 4.26. The van der Waals surface area contributed by atoms with E-state index in [-0.39, 0.29) is 10.9 Å². The van der Waals surface area contributed by atoms with Crippen molar-refractivity contribution in [1.82, 2.24) is 4.98 Å². The number of carboxylic acid groups (broad SMARTS) is 1. The fourth-order valence-electron chi connectivity index (χ4n) is 1.69. The Morgan fingerprint density at radius 3 is 2.65 bits per heavy atom. The van der Waals surface area contributed by atoms with Crippen molar-refractivity contribution in [2.75, 3.05) is 0 Å². The van der Waals surface area contributed by atoms with E-state index in [1.165, 1.54) is 18.2 Å². The Hall–Kier alpha value is -2.60. The van der Waals surface area contributed by atoms with Crippen molar-refractivity contribution in [3.05, 3.63) is 55.4 Å². The Labute approximate surface area is 116 Å². The van der Waals surface area contributed by atoms with Crippen LogP contribution >= 0.6 is 11.6 Å². The van der Waals surface area contributed by atoms with Gasteiger partial charge in [-0.2, -0.15) is 0 Å². The molecule has 2 aromatic rings. The molecule has 20 heavy (non-hydrogen) atoms. The zero-order valence-electron chi connectivity index (χ0n) is 9.88. The Morgan fingerprint density at radius 1 is 1.30 bits per heavy atom. The number of aliphatic carboxylic acids is 1. The van der Waals surface area contributed by atoms with Crippen molar-refractivity contribution in [3.8, 4) is 5.75 Å². The first-order valence-electron chi connectivity index (χ1n) is 5.40. The van der Waals surface area contributed by atoms with Gasteiger partial charge in [-0.3, -0.25) is 9.59 Å². The third-order valence-electron chi connectivity index (χ3n) is 2.58. The fourth-order valence-corrected chi connectivity index (χ4v) is 1.86. The minimum atomic E-state index is -1.31. The maximum atomic E-state index is 11.8. The fraction of sp³-hybridized carbons (Fsp3) is 0. The summed E-state index contributed by atoms with van der Waals surface area (Å²) in [6.07, 6.45) is 1.54. The number of carboxylic acids is 1. The lowest BCUT2D eigenvalue weighted by Crippen LogP contribution is -2.25. The highest BCUT2D eigenvalue weighted by Crippen LogP contribution is 2.26. The number of carbonyl (C=O) groups is 1. The number of aromatic nitrogens is 1. The molecule has 7 heteroatoms. The van der Waals surface area contributed by atoms with Crippen molar-refractivity contribution in [2.24, 2.45) is 0 Å². The normalized spacial score (nSPS) is 11.1. The van der Waals surface area contributed by atoms with Gasteiger partial charge in [-0.15, -0.1) is 0 Å². The van der Waals surface area contributed by atoms with E-state index < -0.39 is 28.3 Å². The number of aromatic hydroxyl groups is 1. The number of aromatic amines is 1. The quantitative estimate of drug-likeness (QED) is 0.572. The number of rotatable bonds is 2. The van der Waals surface area contributed by atoms with Crippen molar-refractivity contribution in [3.63, 3.8) is 0 Å². The van der Waals surface area contributed by atoms with Crippen LogP contribution in [-0.4, -0.2) is 21.2 Å². The lowest BCUT2D eigenvalue weighted by molar-refractivity contribution is -0.131. The van der Waals surface area contributed by atoms with E-state index in [2.05, 4.69) is 4.98 Å². The average molecular weight is 294 g/mol. The summed E-state index contributed by atoms with van der Waals surface area (Å²) in [5.41, 5.74) is -2.24. The third-order valence-corrected chi connectivity index (χ3v) is 2.82. The van der Waals surface area contributed by atoms with Gasteiger partial charge in [0.05, 0.1) is 11.1 Å². The maximum absolute atomic E-state index is 11.8. The first-order chi connectivity index (χ1) is 9.40. The highest BCUT2D eigenvalue weighted by Gasteiger charge is 2.10. The molecule has 102 valence electrons. The Balaban J connectivity index is 2.96. The predicted molar refractivity (Wildman–Crippen MR) is 74.2 cm³/mol. The Morgan fingerprint density at radius 2 is 2.00 bits per heavy atom. The lowest BCUT2D eigenvalue weighted by atomic mass is 10.1. The van der Waals surface area contributed by atoms with Gasteiger partial charge in [0, 0.05) is 16.5 Å². The molecule has 0 amide bonds. The van der Waals surface area contributed by atoms with Crippen LogP contribution in [-0.2, 0) is 4.79 Å². The minimum Gasteiger partial charge on any atom is -0.506 e. The van der Waals surface area contributed by atoms with Crippen LogP contribution in [0, 0.1) is 0 Å². The summed E-state index contributed by atoms with van der Waals surface area (Å²) in [5, 5.41) is 19.1. The molecule has 1 aromatic carbocycles. The molecule has 0 aliphatic carbocycles. The van der Waals surface area contributed by atoms with E-state index in [0.29, 0.717) is 11.1 Å². The molecule has 0 fully saturated rings. The van der Waals surface area contributed by atoms with E-state index in [0.717, 1.165) is 6.08 Å². The summed E-state index contributed by atoms with van der Waals surface area (Å²) in [7, 11) is 0. The van der Waals surface area contributed by atoms with Crippen LogP contribution in [0.5, 0.6) is 5.75 Å². The van der Waals surface area contributed by atoms with Crippen LogP contribution in [0.15, 0.2) is 33.9 Å². The summed E-state index contributed by atoms with van der Waals surface area (Å²) >= 11 is 5.78. The monoisotopic (exact) mass is 293 g/mol. The average Bonchev–Trinajstić information content (AvgIpc) is 2.45. The zero-order chi connectivity index (χ0) is 14.9. The van der Waals surface area contributed by atoms with Crippen LogP contribution in [0.1, 0.15) is 5.56 Å². The number of hydrogen-bond donors (Lipinski definition) is 3. The van der Waals surface area contributed by atoms with Crippen LogP contribution in [0.4, 0.5) is 0 Å². The zero-order valence-corrected chi connectivity index (χ0v) is 10.6. The number of H-pyrrole nitrogens is 1. The van der Waals surface area contributed by atoms with E-state index in [9.17, 15) is 19.5 Å². The number of fused-ring (bicyclic) bond motifs is 1. The van der Waals surface area contributed by atoms with E-state index in [1.807, 2.05) is 0 Å². The number of hydrogen-bond acceptors (Lipinski definition) is 4. The van der Waals surface area contributed by atoms with Crippen LogP contribution in [0.2, 0.25) is 5.02 Å². The Kier molecular flexibility index (Phi) is 3.58. The van der Waals surface area contributed by atoms with Crippen LogP contribution in [0.3, 0.4) is 0 Å². The smallest absolute Gasteiger partial charge is 0.328 e. The second-order valence-corrected chi connectivity index (χ2v) is 4.34. The van der Waals surface area contributed by atoms with Gasteiger partial charge in [0.2, 0.25) is 0 Å². The van der Waals surface area contributed by atoms with E-state index in [1.54, 1.807) is 0 Å². The van der Waals surface area contributed by atoms with Crippen molar-refractivity contribution in [2.45, 2.75) is 0 Å². The molecule has 0 atom stereocenters. The van der Waals surface area contributed by atoms with E-state index in [4.69, 9.17) is 16.7 Å². The van der Waals surface area contributed by atoms with Gasteiger partial charge in [0.15, 0.2) is 0 Å². The lowest BCUT2D eigenvalue weighted by Gasteiger charge is -1.98. The van der Waals surface area contributed by atoms with Gasteiger partial charge in [0.1, 0.15) is 5.75 Å². The second kappa shape index (κ2) is 5.18. The molecular weight excluding hydrogens is 286 g/mol. The number of halogens is 1. The van der Waals surface area contributed by atoms with Crippen molar-refractivity contribution >= 4 is 34.5 Å². The molecule has 0 saturated heterocycles. The molecule has 1 heterocycles. The molecule has 1 aromatic heterocycles. The predicted octanol–water partition coefficient (Wildman–Crippen LogP) is 1.35. The van der Waals surface area contributed by atoms with Gasteiger partial charge >= 0.3 is 5.97 Å². The van der Waals surface area contributed by atoms with E-state index >= 15 is 0 Å². The van der Waals surface area contributed by atoms with Gasteiger partial charge in [-0.1, -0.05) is 11.6 Å². The number of nitrogens with one attached hydrogen (secondary N) is 1. The highest BCUT2D eigenvalue weighted by atomic mass is 35.5. The van der Waals surface area contributed by atoms with Crippen LogP contribution < -0.4 is 11.0 Å². The molecule has 6 nitrogen and oxygen atoms in total. The maximum Gasteiger partial charge on any atom is 0.328 e. The first kappa shape index (κ1) is 13.8.